The zero-order valence-electron chi connectivity index (χ0n) is 10.4. The highest BCUT2D eigenvalue weighted by molar-refractivity contribution is 5.85. The van der Waals surface area contributed by atoms with Crippen LogP contribution in [0.15, 0.2) is 41.2 Å². The largest absolute Gasteiger partial charge is 0.383 e. The van der Waals surface area contributed by atoms with Crippen LogP contribution < -0.4 is 5.32 Å². The molecule has 1 aromatic rings. The first-order chi connectivity index (χ1) is 7.72. The van der Waals surface area contributed by atoms with Crippen molar-refractivity contribution < 1.29 is 0 Å². The summed E-state index contributed by atoms with van der Waals surface area (Å²) < 4.78 is 0. The second-order valence-electron chi connectivity index (χ2n) is 3.62. The Kier molecular flexibility index (Phi) is 7.80. The number of nitrogens with zero attached hydrogens (tertiary/aromatic N) is 3. The van der Waals surface area contributed by atoms with E-state index in [1.165, 1.54) is 0 Å². The third kappa shape index (κ3) is 6.58. The molecule has 0 radical (unpaired) electrons. The van der Waals surface area contributed by atoms with Crippen molar-refractivity contribution in [3.8, 4) is 0 Å². The van der Waals surface area contributed by atoms with E-state index in [-0.39, 0.29) is 12.4 Å². The average Bonchev–Trinajstić information content (AvgIpc) is 2.27. The van der Waals surface area contributed by atoms with E-state index >= 15 is 0 Å². The Balaban J connectivity index is 0.00000256. The number of aliphatic imine (C=N–C) groups is 1. The van der Waals surface area contributed by atoms with Gasteiger partial charge in [0.2, 0.25) is 0 Å². The summed E-state index contributed by atoms with van der Waals surface area (Å²) in [6.07, 6.45) is 5.64. The summed E-state index contributed by atoms with van der Waals surface area (Å²) in [7, 11) is 5.75. The molecule has 17 heavy (non-hydrogen) atoms. The number of hydrogen-bond acceptors (Lipinski definition) is 4. The number of aromatic nitrogens is 1. The minimum absolute atomic E-state index is 0. The number of halogens is 1. The lowest BCUT2D eigenvalue weighted by atomic mass is 10.3. The predicted molar refractivity (Wildman–Crippen MR) is 76.2 cm³/mol. The van der Waals surface area contributed by atoms with Crippen LogP contribution in [-0.4, -0.2) is 43.8 Å². The van der Waals surface area contributed by atoms with E-state index in [0.717, 1.165) is 11.4 Å². The standard InChI is InChI=1S/C12H18N4.ClH/c1-13-8-11(10-16(2)3)9-15-12-6-4-5-7-14-12;/h4-8,10H,9H2,1-3H3,(H,14,15);1H/b11-10?,13-8+;. The Hall–Kier alpha value is -1.55. The topological polar surface area (TPSA) is 40.5 Å². The molecule has 0 spiro atoms. The molecule has 1 aromatic heterocycles. The van der Waals surface area contributed by atoms with Crippen LogP contribution in [0.25, 0.3) is 0 Å². The molecular formula is C12H19ClN4. The van der Waals surface area contributed by atoms with Crippen LogP contribution in [0.4, 0.5) is 5.82 Å². The van der Waals surface area contributed by atoms with Crippen LogP contribution in [0.2, 0.25) is 0 Å². The fourth-order valence-corrected chi connectivity index (χ4v) is 1.28. The minimum atomic E-state index is 0. The summed E-state index contributed by atoms with van der Waals surface area (Å²) in [6, 6.07) is 5.80. The Bertz CT molecular complexity index is 360. The number of nitrogens with one attached hydrogen (secondary N) is 1. The first kappa shape index (κ1) is 15.5. The molecule has 0 saturated carbocycles. The van der Waals surface area contributed by atoms with Gasteiger partial charge >= 0.3 is 0 Å². The summed E-state index contributed by atoms with van der Waals surface area (Å²) in [5.74, 6) is 0.872. The summed E-state index contributed by atoms with van der Waals surface area (Å²) >= 11 is 0. The van der Waals surface area contributed by atoms with Crippen molar-refractivity contribution >= 4 is 24.4 Å². The minimum Gasteiger partial charge on any atom is -0.383 e. The van der Waals surface area contributed by atoms with E-state index < -0.39 is 0 Å². The van der Waals surface area contributed by atoms with Crippen molar-refractivity contribution in [2.45, 2.75) is 0 Å². The molecule has 5 heteroatoms. The fourth-order valence-electron chi connectivity index (χ4n) is 1.28. The average molecular weight is 255 g/mol. The summed E-state index contributed by atoms with van der Waals surface area (Å²) in [4.78, 5) is 10.2. The molecule has 1 rings (SSSR count). The highest BCUT2D eigenvalue weighted by atomic mass is 35.5. The van der Waals surface area contributed by atoms with Gasteiger partial charge in [-0.1, -0.05) is 6.07 Å². The maximum Gasteiger partial charge on any atom is 0.126 e. The van der Waals surface area contributed by atoms with Crippen molar-refractivity contribution in [2.75, 3.05) is 33.0 Å². The first-order valence-electron chi connectivity index (χ1n) is 5.16. The predicted octanol–water partition coefficient (Wildman–Crippen LogP) is 2.06. The molecular weight excluding hydrogens is 236 g/mol. The lowest BCUT2D eigenvalue weighted by Crippen LogP contribution is -2.11. The van der Waals surface area contributed by atoms with Gasteiger partial charge in [0, 0.05) is 51.9 Å². The third-order valence-corrected chi connectivity index (χ3v) is 1.86. The highest BCUT2D eigenvalue weighted by Gasteiger charge is 1.95. The highest BCUT2D eigenvalue weighted by Crippen LogP contribution is 2.01. The Morgan fingerprint density at radius 3 is 2.76 bits per heavy atom. The molecule has 0 aromatic carbocycles. The molecule has 94 valence electrons. The number of anilines is 1. The lowest BCUT2D eigenvalue weighted by Gasteiger charge is -2.10. The molecule has 0 bridgehead atoms. The van der Waals surface area contributed by atoms with E-state index in [9.17, 15) is 0 Å². The fraction of sp³-hybridized carbons (Fsp3) is 0.333. The van der Waals surface area contributed by atoms with Crippen LogP contribution in [0.5, 0.6) is 0 Å². The normalized spacial score (nSPS) is 11.1. The molecule has 0 amide bonds. The molecule has 1 N–H and O–H groups in total. The molecule has 0 saturated heterocycles. The van der Waals surface area contributed by atoms with Crippen molar-refractivity contribution in [2.24, 2.45) is 4.99 Å². The van der Waals surface area contributed by atoms with Crippen molar-refractivity contribution in [1.82, 2.24) is 9.88 Å². The van der Waals surface area contributed by atoms with E-state index in [4.69, 9.17) is 0 Å². The molecule has 0 atom stereocenters. The summed E-state index contributed by atoms with van der Waals surface area (Å²) in [6.45, 7) is 0.715. The Morgan fingerprint density at radius 2 is 2.24 bits per heavy atom. The smallest absolute Gasteiger partial charge is 0.126 e. The molecule has 0 aliphatic rings. The Labute approximate surface area is 109 Å². The van der Waals surface area contributed by atoms with Gasteiger partial charge in [-0.15, -0.1) is 12.4 Å². The van der Waals surface area contributed by atoms with Crippen LogP contribution in [-0.2, 0) is 0 Å². The quantitative estimate of drug-likeness (QED) is 0.818. The van der Waals surface area contributed by atoms with Gasteiger partial charge in [0.15, 0.2) is 0 Å². The Morgan fingerprint density at radius 1 is 1.47 bits per heavy atom. The van der Waals surface area contributed by atoms with E-state index in [0.29, 0.717) is 6.54 Å². The maximum absolute atomic E-state index is 4.19. The molecule has 0 aliphatic heterocycles. The van der Waals surface area contributed by atoms with Gasteiger partial charge in [-0.3, -0.25) is 4.99 Å². The van der Waals surface area contributed by atoms with Crippen molar-refractivity contribution in [3.63, 3.8) is 0 Å². The van der Waals surface area contributed by atoms with Crippen molar-refractivity contribution in [3.05, 3.63) is 36.2 Å². The third-order valence-electron chi connectivity index (χ3n) is 1.86. The van der Waals surface area contributed by atoms with Gasteiger partial charge in [-0.05, 0) is 12.1 Å². The first-order valence-corrected chi connectivity index (χ1v) is 5.16. The van der Waals surface area contributed by atoms with Crippen LogP contribution in [0.1, 0.15) is 0 Å². The molecule has 0 aliphatic carbocycles. The van der Waals surface area contributed by atoms with Crippen LogP contribution >= 0.6 is 12.4 Å². The van der Waals surface area contributed by atoms with Gasteiger partial charge in [-0.2, -0.15) is 0 Å². The number of pyridine rings is 1. The summed E-state index contributed by atoms with van der Waals surface area (Å²) in [5.41, 5.74) is 1.11. The van der Waals surface area contributed by atoms with E-state index in [1.54, 1.807) is 13.2 Å². The van der Waals surface area contributed by atoms with Crippen LogP contribution in [0, 0.1) is 0 Å². The van der Waals surface area contributed by atoms with Gasteiger partial charge in [-0.25, -0.2) is 4.98 Å². The second kappa shape index (κ2) is 8.58. The number of rotatable bonds is 5. The van der Waals surface area contributed by atoms with Gasteiger partial charge in [0.25, 0.3) is 0 Å². The van der Waals surface area contributed by atoms with Crippen LogP contribution in [0.3, 0.4) is 0 Å². The van der Waals surface area contributed by atoms with Crippen molar-refractivity contribution in [1.29, 1.82) is 0 Å². The van der Waals surface area contributed by atoms with E-state index in [2.05, 4.69) is 15.3 Å². The molecule has 1 heterocycles. The monoisotopic (exact) mass is 254 g/mol. The molecule has 0 fully saturated rings. The van der Waals surface area contributed by atoms with Gasteiger partial charge in [0.05, 0.1) is 0 Å². The molecule has 4 nitrogen and oxygen atoms in total. The van der Waals surface area contributed by atoms with Gasteiger partial charge in [0.1, 0.15) is 5.82 Å². The van der Waals surface area contributed by atoms with Gasteiger partial charge < -0.3 is 10.2 Å². The zero-order chi connectivity index (χ0) is 11.8. The summed E-state index contributed by atoms with van der Waals surface area (Å²) in [5, 5.41) is 3.24. The van der Waals surface area contributed by atoms with E-state index in [1.807, 2.05) is 49.6 Å². The number of hydrogen-bond donors (Lipinski definition) is 1. The molecule has 0 unspecified atom stereocenters. The lowest BCUT2D eigenvalue weighted by molar-refractivity contribution is 0.560. The second-order valence-corrected chi connectivity index (χ2v) is 3.62. The maximum atomic E-state index is 4.19. The SMILES string of the molecule is C/N=C/C(=CN(C)C)CNc1ccccn1.Cl. The zero-order valence-corrected chi connectivity index (χ0v) is 11.2.